The molecule has 0 spiro atoms. The van der Waals surface area contributed by atoms with Crippen molar-refractivity contribution in [1.82, 2.24) is 15.8 Å². The van der Waals surface area contributed by atoms with Crippen molar-refractivity contribution in [2.45, 2.75) is 6.42 Å². The molecule has 0 aliphatic heterocycles. The Morgan fingerprint density at radius 1 is 1.29 bits per heavy atom. The molecule has 1 rings (SSSR count). The van der Waals surface area contributed by atoms with E-state index in [0.29, 0.717) is 29.6 Å². The zero-order chi connectivity index (χ0) is 15.7. The number of ether oxygens (including phenoxy) is 2. The van der Waals surface area contributed by atoms with Crippen LogP contribution in [0.25, 0.3) is 0 Å². The van der Waals surface area contributed by atoms with Crippen molar-refractivity contribution >= 4 is 23.2 Å². The van der Waals surface area contributed by atoms with Crippen LogP contribution in [0.5, 0.6) is 5.75 Å². The van der Waals surface area contributed by atoms with E-state index < -0.39 is 0 Å². The Labute approximate surface area is 130 Å². The minimum atomic E-state index is -0.235. The van der Waals surface area contributed by atoms with Crippen LogP contribution in [0.4, 0.5) is 0 Å². The molecule has 0 radical (unpaired) electrons. The second-order valence-electron chi connectivity index (χ2n) is 4.31. The molecule has 0 aromatic heterocycles. The van der Waals surface area contributed by atoms with Crippen molar-refractivity contribution in [2.24, 2.45) is 0 Å². The largest absolute Gasteiger partial charge is 0.497 e. The number of benzene rings is 1. The third kappa shape index (κ3) is 5.97. The quantitative estimate of drug-likeness (QED) is 0.467. The molecule has 0 heterocycles. The number of carbonyl (C=O) groups excluding carboxylic acids is 1. The summed E-state index contributed by atoms with van der Waals surface area (Å²) in [5.74, 6) is 0.469. The summed E-state index contributed by atoms with van der Waals surface area (Å²) in [6, 6.07) is 6.85. The molecule has 0 aliphatic rings. The Morgan fingerprint density at radius 3 is 2.52 bits per heavy atom. The van der Waals surface area contributed by atoms with Gasteiger partial charge in [-0.05, 0) is 42.9 Å². The van der Waals surface area contributed by atoms with E-state index in [1.54, 1.807) is 45.5 Å². The van der Waals surface area contributed by atoms with Gasteiger partial charge in [-0.1, -0.05) is 0 Å². The maximum absolute atomic E-state index is 12.0. The van der Waals surface area contributed by atoms with Gasteiger partial charge in [-0.25, -0.2) is 0 Å². The Kier molecular flexibility index (Phi) is 7.49. The number of hydrogen-bond acceptors (Lipinski definition) is 4. The maximum Gasteiger partial charge on any atom is 0.269 e. The van der Waals surface area contributed by atoms with Gasteiger partial charge < -0.3 is 14.8 Å². The Morgan fingerprint density at radius 2 is 1.95 bits per heavy atom. The van der Waals surface area contributed by atoms with Crippen LogP contribution < -0.4 is 15.5 Å². The van der Waals surface area contributed by atoms with Crippen molar-refractivity contribution in [1.29, 1.82) is 0 Å². The fraction of sp³-hybridized carbons (Fsp3) is 0.429. The average molecular weight is 311 g/mol. The van der Waals surface area contributed by atoms with Crippen molar-refractivity contribution in [3.8, 4) is 5.75 Å². The number of hydrazine groups is 1. The number of amides is 1. The third-order valence-electron chi connectivity index (χ3n) is 2.73. The van der Waals surface area contributed by atoms with Crippen molar-refractivity contribution in [2.75, 3.05) is 34.4 Å². The number of carbonyl (C=O) groups is 1. The first-order chi connectivity index (χ1) is 10.1. The van der Waals surface area contributed by atoms with Gasteiger partial charge in [0.2, 0.25) is 0 Å². The van der Waals surface area contributed by atoms with E-state index in [0.717, 1.165) is 6.42 Å². The highest BCUT2D eigenvalue weighted by Crippen LogP contribution is 2.11. The lowest BCUT2D eigenvalue weighted by molar-refractivity contribution is 0.0886. The lowest BCUT2D eigenvalue weighted by Gasteiger charge is -2.21. The van der Waals surface area contributed by atoms with Gasteiger partial charge in [-0.2, -0.15) is 0 Å². The molecule has 2 N–H and O–H groups in total. The van der Waals surface area contributed by atoms with Gasteiger partial charge in [0.25, 0.3) is 5.91 Å². The van der Waals surface area contributed by atoms with E-state index in [4.69, 9.17) is 21.7 Å². The van der Waals surface area contributed by atoms with Gasteiger partial charge in [-0.15, -0.1) is 0 Å². The molecule has 6 nitrogen and oxygen atoms in total. The number of nitrogens with one attached hydrogen (secondary N) is 2. The smallest absolute Gasteiger partial charge is 0.269 e. The number of nitrogens with zero attached hydrogens (tertiary/aromatic N) is 1. The van der Waals surface area contributed by atoms with Crippen LogP contribution in [-0.2, 0) is 4.74 Å². The van der Waals surface area contributed by atoms with Crippen LogP contribution in [0.2, 0.25) is 0 Å². The van der Waals surface area contributed by atoms with Crippen LogP contribution in [-0.4, -0.2) is 50.4 Å². The minimum absolute atomic E-state index is 0.235. The number of rotatable bonds is 6. The van der Waals surface area contributed by atoms with E-state index in [-0.39, 0.29) is 5.91 Å². The molecule has 0 fully saturated rings. The molecule has 1 amide bonds. The second kappa shape index (κ2) is 9.15. The molecular formula is C14H21N3O3S. The predicted octanol–water partition coefficient (Wildman–Crippen LogP) is 1.18. The molecule has 7 heteroatoms. The highest BCUT2D eigenvalue weighted by Gasteiger charge is 2.10. The molecule has 0 saturated carbocycles. The summed E-state index contributed by atoms with van der Waals surface area (Å²) in [5.41, 5.74) is 3.23. The molecule has 1 aromatic rings. The number of thiocarbonyl (C=S) groups is 1. The first-order valence-electron chi connectivity index (χ1n) is 6.54. The molecule has 116 valence electrons. The summed E-state index contributed by atoms with van der Waals surface area (Å²) in [6.45, 7) is 1.35. The lowest BCUT2D eigenvalue weighted by atomic mass is 10.2. The lowest BCUT2D eigenvalue weighted by Crippen LogP contribution is -2.48. The summed E-state index contributed by atoms with van der Waals surface area (Å²) in [5, 5.41) is 4.97. The molecular weight excluding hydrogens is 290 g/mol. The summed E-state index contributed by atoms with van der Waals surface area (Å²) >= 11 is 5.17. The Bertz CT molecular complexity index is 465. The summed E-state index contributed by atoms with van der Waals surface area (Å²) in [4.78, 5) is 12.0. The SMILES string of the molecule is COCCCNC(=S)N(C)NC(=O)c1ccc(OC)cc1. The average Bonchev–Trinajstić information content (AvgIpc) is 2.51. The van der Waals surface area contributed by atoms with Crippen molar-refractivity contribution in [3.63, 3.8) is 0 Å². The van der Waals surface area contributed by atoms with Gasteiger partial charge in [0, 0.05) is 32.9 Å². The number of methoxy groups -OCH3 is 2. The molecule has 21 heavy (non-hydrogen) atoms. The van der Waals surface area contributed by atoms with Gasteiger partial charge in [0.05, 0.1) is 7.11 Å². The summed E-state index contributed by atoms with van der Waals surface area (Å²) < 4.78 is 10.00. The molecule has 0 aliphatic carbocycles. The molecule has 1 aromatic carbocycles. The fourth-order valence-corrected chi connectivity index (χ4v) is 1.69. The molecule has 0 atom stereocenters. The van der Waals surface area contributed by atoms with Crippen LogP contribution >= 0.6 is 12.2 Å². The summed E-state index contributed by atoms with van der Waals surface area (Å²) in [7, 11) is 4.92. The highest BCUT2D eigenvalue weighted by atomic mass is 32.1. The Hall–Kier alpha value is -1.86. The number of hydrogen-bond donors (Lipinski definition) is 2. The normalized spacial score (nSPS) is 9.86. The second-order valence-corrected chi connectivity index (χ2v) is 4.69. The first-order valence-corrected chi connectivity index (χ1v) is 6.95. The monoisotopic (exact) mass is 311 g/mol. The van der Waals surface area contributed by atoms with Gasteiger partial charge in [-0.3, -0.25) is 15.2 Å². The molecule has 0 bridgehead atoms. The minimum Gasteiger partial charge on any atom is -0.497 e. The fourth-order valence-electron chi connectivity index (χ4n) is 1.54. The zero-order valence-electron chi connectivity index (χ0n) is 12.5. The molecule has 0 unspecified atom stereocenters. The van der Waals surface area contributed by atoms with Crippen molar-refractivity contribution in [3.05, 3.63) is 29.8 Å². The van der Waals surface area contributed by atoms with Gasteiger partial charge in [0.1, 0.15) is 5.75 Å². The summed E-state index contributed by atoms with van der Waals surface area (Å²) in [6.07, 6.45) is 0.844. The highest BCUT2D eigenvalue weighted by molar-refractivity contribution is 7.80. The van der Waals surface area contributed by atoms with Gasteiger partial charge in [0.15, 0.2) is 5.11 Å². The van der Waals surface area contributed by atoms with E-state index in [1.807, 2.05) is 0 Å². The Balaban J connectivity index is 2.43. The van der Waals surface area contributed by atoms with E-state index in [1.165, 1.54) is 5.01 Å². The van der Waals surface area contributed by atoms with Crippen LogP contribution in [0.3, 0.4) is 0 Å². The van der Waals surface area contributed by atoms with Gasteiger partial charge >= 0.3 is 0 Å². The van der Waals surface area contributed by atoms with E-state index in [9.17, 15) is 4.79 Å². The van der Waals surface area contributed by atoms with Crippen LogP contribution in [0.1, 0.15) is 16.8 Å². The third-order valence-corrected chi connectivity index (χ3v) is 3.15. The van der Waals surface area contributed by atoms with E-state index >= 15 is 0 Å². The topological polar surface area (TPSA) is 62.8 Å². The van der Waals surface area contributed by atoms with E-state index in [2.05, 4.69) is 10.7 Å². The standard InChI is InChI=1S/C14H21N3O3S/c1-17(14(21)15-9-4-10-19-2)16-13(18)11-5-7-12(20-3)8-6-11/h5-8H,4,9-10H2,1-3H3,(H,15,21)(H,16,18). The maximum atomic E-state index is 12.0. The first kappa shape index (κ1) is 17.2. The molecule has 0 saturated heterocycles. The zero-order valence-corrected chi connectivity index (χ0v) is 13.3. The van der Waals surface area contributed by atoms with Crippen LogP contribution in [0.15, 0.2) is 24.3 Å². The van der Waals surface area contributed by atoms with Crippen LogP contribution in [0, 0.1) is 0 Å². The van der Waals surface area contributed by atoms with Crippen molar-refractivity contribution < 1.29 is 14.3 Å². The predicted molar refractivity (Wildman–Crippen MR) is 85.3 cm³/mol.